The van der Waals surface area contributed by atoms with E-state index in [2.05, 4.69) is 31.1 Å². The molecular weight excluding hydrogens is 422 g/mol. The van der Waals surface area contributed by atoms with Crippen molar-refractivity contribution >= 4 is 39.0 Å². The third kappa shape index (κ3) is 3.35. The predicted octanol–water partition coefficient (Wildman–Crippen LogP) is 4.43. The van der Waals surface area contributed by atoms with Crippen LogP contribution in [0.5, 0.6) is 0 Å². The number of thiophene rings is 1. The molecule has 1 aromatic carbocycles. The van der Waals surface area contributed by atoms with Crippen molar-refractivity contribution < 1.29 is 4.42 Å². The van der Waals surface area contributed by atoms with Crippen LogP contribution in [0.3, 0.4) is 0 Å². The molecule has 0 spiro atoms. The van der Waals surface area contributed by atoms with Crippen LogP contribution in [0.25, 0.3) is 22.2 Å². The van der Waals surface area contributed by atoms with Crippen molar-refractivity contribution in [2.24, 2.45) is 0 Å². The zero-order valence-electron chi connectivity index (χ0n) is 12.8. The number of benzene rings is 1. The third-order valence-electron chi connectivity index (χ3n) is 3.41. The fraction of sp³-hybridized carbons (Fsp3) is 0.0625. The molecule has 9 heteroatoms. The van der Waals surface area contributed by atoms with E-state index < -0.39 is 0 Å². The van der Waals surface area contributed by atoms with Gasteiger partial charge in [-0.05, 0) is 23.6 Å². The SMILES string of the molecule is Nn1c(SCc2coc(-c3cccs3)n2)nnc1-c1ccccc1Br. The van der Waals surface area contributed by atoms with Gasteiger partial charge in [0.25, 0.3) is 0 Å². The Labute approximate surface area is 160 Å². The van der Waals surface area contributed by atoms with Crippen LogP contribution in [0.2, 0.25) is 0 Å². The fourth-order valence-corrected chi connectivity index (χ4v) is 4.08. The number of halogens is 1. The predicted molar refractivity (Wildman–Crippen MR) is 103 cm³/mol. The highest BCUT2D eigenvalue weighted by molar-refractivity contribution is 9.10. The van der Waals surface area contributed by atoms with Crippen LogP contribution >= 0.6 is 39.0 Å². The molecule has 4 rings (SSSR count). The van der Waals surface area contributed by atoms with Crippen LogP contribution in [0, 0.1) is 0 Å². The molecule has 4 aromatic rings. The first-order chi connectivity index (χ1) is 12.2. The van der Waals surface area contributed by atoms with Crippen LogP contribution in [0.1, 0.15) is 5.69 Å². The van der Waals surface area contributed by atoms with Crippen molar-refractivity contribution in [1.82, 2.24) is 19.9 Å². The minimum absolute atomic E-state index is 0.597. The Hall–Kier alpha value is -2.10. The van der Waals surface area contributed by atoms with Gasteiger partial charge in [-0.3, -0.25) is 0 Å². The van der Waals surface area contributed by atoms with Gasteiger partial charge in [0.15, 0.2) is 5.82 Å². The molecular formula is C16H12BrN5OS2. The average molecular weight is 434 g/mol. The van der Waals surface area contributed by atoms with Crippen molar-refractivity contribution in [3.8, 4) is 22.2 Å². The molecule has 3 heterocycles. The van der Waals surface area contributed by atoms with Crippen molar-refractivity contribution in [3.63, 3.8) is 0 Å². The Kier molecular flexibility index (Phi) is 4.60. The number of nitrogens with two attached hydrogens (primary N) is 1. The van der Waals surface area contributed by atoms with Gasteiger partial charge in [0.05, 0.1) is 10.6 Å². The lowest BCUT2D eigenvalue weighted by Gasteiger charge is -2.04. The molecule has 25 heavy (non-hydrogen) atoms. The monoisotopic (exact) mass is 433 g/mol. The smallest absolute Gasteiger partial charge is 0.236 e. The van der Waals surface area contributed by atoms with Gasteiger partial charge in [-0.15, -0.1) is 21.5 Å². The second kappa shape index (κ2) is 7.03. The van der Waals surface area contributed by atoms with Crippen molar-refractivity contribution in [3.05, 3.63) is 58.2 Å². The van der Waals surface area contributed by atoms with Crippen LogP contribution in [0.4, 0.5) is 0 Å². The molecule has 0 unspecified atom stereocenters. The van der Waals surface area contributed by atoms with Crippen LogP contribution < -0.4 is 5.84 Å². The highest BCUT2D eigenvalue weighted by Crippen LogP contribution is 2.30. The lowest BCUT2D eigenvalue weighted by Crippen LogP contribution is -2.11. The summed E-state index contributed by atoms with van der Waals surface area (Å²) in [6, 6.07) is 11.7. The van der Waals surface area contributed by atoms with E-state index in [4.69, 9.17) is 10.3 Å². The van der Waals surface area contributed by atoms with Crippen LogP contribution in [-0.2, 0) is 5.75 Å². The van der Waals surface area contributed by atoms with Crippen molar-refractivity contribution in [2.75, 3.05) is 5.84 Å². The molecule has 0 saturated heterocycles. The molecule has 2 N–H and O–H groups in total. The van der Waals surface area contributed by atoms with Crippen LogP contribution in [-0.4, -0.2) is 19.9 Å². The number of nitrogens with zero attached hydrogens (tertiary/aromatic N) is 4. The Morgan fingerprint density at radius 2 is 2.08 bits per heavy atom. The van der Waals surface area contributed by atoms with E-state index in [1.165, 1.54) is 16.4 Å². The zero-order chi connectivity index (χ0) is 17.2. The summed E-state index contributed by atoms with van der Waals surface area (Å²) in [5.74, 6) is 7.99. The lowest BCUT2D eigenvalue weighted by molar-refractivity contribution is 0.575. The highest BCUT2D eigenvalue weighted by Gasteiger charge is 2.15. The largest absolute Gasteiger partial charge is 0.444 e. The molecule has 3 aromatic heterocycles. The molecule has 0 aliphatic carbocycles. The number of hydrogen-bond donors (Lipinski definition) is 1. The summed E-state index contributed by atoms with van der Waals surface area (Å²) >= 11 is 6.57. The molecule has 0 bridgehead atoms. The minimum atomic E-state index is 0.597. The van der Waals surface area contributed by atoms with Gasteiger partial charge in [-0.25, -0.2) is 9.66 Å². The lowest BCUT2D eigenvalue weighted by atomic mass is 10.2. The molecule has 0 aliphatic heterocycles. The Balaban J connectivity index is 1.50. The zero-order valence-corrected chi connectivity index (χ0v) is 16.0. The second-order valence-corrected chi connectivity index (χ2v) is 7.81. The third-order valence-corrected chi connectivity index (χ3v) is 5.94. The molecule has 0 atom stereocenters. The van der Waals surface area contributed by atoms with Gasteiger partial charge in [-0.2, -0.15) is 0 Å². The quantitative estimate of drug-likeness (QED) is 0.370. The van der Waals surface area contributed by atoms with E-state index >= 15 is 0 Å². The summed E-state index contributed by atoms with van der Waals surface area (Å²) in [6.07, 6.45) is 1.66. The highest BCUT2D eigenvalue weighted by atomic mass is 79.9. The van der Waals surface area contributed by atoms with Crippen molar-refractivity contribution in [2.45, 2.75) is 10.9 Å². The number of nitrogen functional groups attached to an aromatic ring is 1. The van der Waals surface area contributed by atoms with Gasteiger partial charge in [-0.1, -0.05) is 45.9 Å². The maximum absolute atomic E-state index is 6.16. The minimum Gasteiger partial charge on any atom is -0.444 e. The number of thioether (sulfide) groups is 1. The van der Waals surface area contributed by atoms with E-state index in [1.807, 2.05) is 41.8 Å². The Bertz CT molecular complexity index is 996. The molecule has 0 saturated carbocycles. The first kappa shape index (κ1) is 16.4. The van der Waals surface area contributed by atoms with E-state index in [-0.39, 0.29) is 0 Å². The summed E-state index contributed by atoms with van der Waals surface area (Å²) in [7, 11) is 0. The van der Waals surface area contributed by atoms with Gasteiger partial charge < -0.3 is 10.3 Å². The van der Waals surface area contributed by atoms with E-state index in [1.54, 1.807) is 17.6 Å². The summed E-state index contributed by atoms with van der Waals surface area (Å²) in [5.41, 5.74) is 1.73. The molecule has 0 fully saturated rings. The molecule has 0 amide bonds. The summed E-state index contributed by atoms with van der Waals surface area (Å²) in [5, 5.41) is 11.0. The van der Waals surface area contributed by atoms with Crippen molar-refractivity contribution in [1.29, 1.82) is 0 Å². The first-order valence-corrected chi connectivity index (χ1v) is 9.94. The average Bonchev–Trinajstić information content (AvgIpc) is 3.35. The molecule has 0 radical (unpaired) electrons. The van der Waals surface area contributed by atoms with Gasteiger partial charge >= 0.3 is 0 Å². The standard InChI is InChI=1S/C16H12BrN5OS2/c17-12-5-2-1-4-11(12)14-20-21-16(22(14)18)25-9-10-8-23-15(19-10)13-6-3-7-24-13/h1-8H,9,18H2. The summed E-state index contributed by atoms with van der Waals surface area (Å²) < 4.78 is 7.93. The normalized spacial score (nSPS) is 11.1. The maximum atomic E-state index is 6.16. The Morgan fingerprint density at radius 3 is 2.88 bits per heavy atom. The van der Waals surface area contributed by atoms with Gasteiger partial charge in [0.1, 0.15) is 6.26 Å². The number of hydrogen-bond acceptors (Lipinski definition) is 7. The summed E-state index contributed by atoms with van der Waals surface area (Å²) in [4.78, 5) is 5.50. The maximum Gasteiger partial charge on any atom is 0.236 e. The van der Waals surface area contributed by atoms with Gasteiger partial charge in [0, 0.05) is 15.8 Å². The molecule has 0 aliphatic rings. The van der Waals surface area contributed by atoms with E-state index in [9.17, 15) is 0 Å². The van der Waals surface area contributed by atoms with E-state index in [0.29, 0.717) is 22.6 Å². The number of rotatable bonds is 5. The van der Waals surface area contributed by atoms with E-state index in [0.717, 1.165) is 20.6 Å². The van der Waals surface area contributed by atoms with Crippen LogP contribution in [0.15, 0.2) is 62.1 Å². The number of oxazole rings is 1. The fourth-order valence-electron chi connectivity index (χ4n) is 2.23. The summed E-state index contributed by atoms with van der Waals surface area (Å²) in [6.45, 7) is 0. The topological polar surface area (TPSA) is 82.8 Å². The van der Waals surface area contributed by atoms with Gasteiger partial charge in [0.2, 0.25) is 11.0 Å². The Morgan fingerprint density at radius 1 is 1.20 bits per heavy atom. The molecule has 6 nitrogen and oxygen atoms in total. The second-order valence-electron chi connectivity index (χ2n) is 5.07. The number of aromatic nitrogens is 4. The molecule has 126 valence electrons. The first-order valence-electron chi connectivity index (χ1n) is 7.29.